The van der Waals surface area contributed by atoms with E-state index in [-0.39, 0.29) is 0 Å². The van der Waals surface area contributed by atoms with E-state index in [4.69, 9.17) is 15.1 Å². The maximum Gasteiger partial charge on any atom is 0.158 e. The van der Waals surface area contributed by atoms with Crippen LogP contribution in [0.2, 0.25) is 0 Å². The number of fused-ring (bicyclic) bond motifs is 1. The van der Waals surface area contributed by atoms with Gasteiger partial charge in [0.2, 0.25) is 0 Å². The van der Waals surface area contributed by atoms with E-state index in [2.05, 4.69) is 63.4 Å². The van der Waals surface area contributed by atoms with Crippen molar-refractivity contribution in [2.24, 2.45) is 0 Å². The number of nitrogens with zero attached hydrogens (tertiary/aromatic N) is 5. The molecule has 5 nitrogen and oxygen atoms in total. The highest BCUT2D eigenvalue weighted by Gasteiger charge is 2.22. The quantitative estimate of drug-likeness (QED) is 0.352. The van der Waals surface area contributed by atoms with Crippen LogP contribution in [0, 0.1) is 20.8 Å². The van der Waals surface area contributed by atoms with Crippen molar-refractivity contribution in [2.75, 3.05) is 19.0 Å². The second kappa shape index (κ2) is 8.42. The van der Waals surface area contributed by atoms with Crippen molar-refractivity contribution in [3.8, 4) is 21.1 Å². The molecule has 0 spiro atoms. The Hall–Kier alpha value is -2.73. The summed E-state index contributed by atoms with van der Waals surface area (Å²) in [6, 6.07) is 10.6. The molecule has 4 aromatic rings. The molecule has 0 N–H and O–H groups in total. The molecule has 0 aromatic carbocycles. The number of aromatic nitrogens is 4. The summed E-state index contributed by atoms with van der Waals surface area (Å²) in [5.74, 6) is 1.46. The van der Waals surface area contributed by atoms with Crippen LogP contribution in [0.1, 0.15) is 55.1 Å². The van der Waals surface area contributed by atoms with Crippen molar-refractivity contribution >= 4 is 22.8 Å². The minimum absolute atomic E-state index is 0.497. The van der Waals surface area contributed by atoms with Crippen LogP contribution in [-0.2, 0) is 0 Å². The molecule has 0 saturated carbocycles. The van der Waals surface area contributed by atoms with Crippen LogP contribution in [0.3, 0.4) is 0 Å². The molecule has 6 heteroatoms. The Balaban J connectivity index is 1.89. The first-order valence-electron chi connectivity index (χ1n) is 11.0. The highest BCUT2D eigenvalue weighted by Crippen LogP contribution is 2.40. The normalized spacial score (nSPS) is 11.6. The van der Waals surface area contributed by atoms with Crippen molar-refractivity contribution in [2.45, 2.75) is 53.4 Å². The molecule has 0 radical (unpaired) electrons. The van der Waals surface area contributed by atoms with Crippen LogP contribution in [0.15, 0.2) is 30.3 Å². The Morgan fingerprint density at radius 2 is 1.77 bits per heavy atom. The summed E-state index contributed by atoms with van der Waals surface area (Å²) in [6.07, 6.45) is 2.21. The predicted octanol–water partition coefficient (Wildman–Crippen LogP) is 6.41. The number of hydrogen-bond donors (Lipinski definition) is 0. The van der Waals surface area contributed by atoms with Gasteiger partial charge in [-0.1, -0.05) is 19.9 Å². The zero-order chi connectivity index (χ0) is 22.3. The second-order valence-electron chi connectivity index (χ2n) is 8.43. The largest absolute Gasteiger partial charge is 0.363 e. The first-order valence-corrected chi connectivity index (χ1v) is 11.8. The molecule has 0 amide bonds. The summed E-state index contributed by atoms with van der Waals surface area (Å²) in [4.78, 5) is 14.2. The van der Waals surface area contributed by atoms with Gasteiger partial charge in [-0.15, -0.1) is 11.3 Å². The fourth-order valence-corrected chi connectivity index (χ4v) is 5.45. The predicted molar refractivity (Wildman–Crippen MR) is 131 cm³/mol. The van der Waals surface area contributed by atoms with Gasteiger partial charge >= 0.3 is 0 Å². The number of aryl methyl sites for hydroxylation is 3. The van der Waals surface area contributed by atoms with Crippen LogP contribution in [-0.4, -0.2) is 33.7 Å². The van der Waals surface area contributed by atoms with Gasteiger partial charge in [0.1, 0.15) is 11.5 Å². The van der Waals surface area contributed by atoms with E-state index >= 15 is 0 Å². The first kappa shape index (κ1) is 21.5. The summed E-state index contributed by atoms with van der Waals surface area (Å²) in [6.45, 7) is 10.8. The fourth-order valence-electron chi connectivity index (χ4n) is 4.22. The lowest BCUT2D eigenvalue weighted by Gasteiger charge is -2.14. The zero-order valence-electron chi connectivity index (χ0n) is 19.5. The highest BCUT2D eigenvalue weighted by atomic mass is 32.1. The number of pyridine rings is 1. The monoisotopic (exact) mass is 433 g/mol. The molecule has 4 aromatic heterocycles. The molecule has 31 heavy (non-hydrogen) atoms. The van der Waals surface area contributed by atoms with Gasteiger partial charge in [0.25, 0.3) is 0 Å². The molecule has 0 unspecified atom stereocenters. The average Bonchev–Trinajstić information content (AvgIpc) is 3.27. The van der Waals surface area contributed by atoms with E-state index in [9.17, 15) is 0 Å². The van der Waals surface area contributed by atoms with Crippen LogP contribution in [0.4, 0.5) is 5.82 Å². The maximum atomic E-state index is 4.99. The van der Waals surface area contributed by atoms with Gasteiger partial charge in [-0.3, -0.25) is 0 Å². The summed E-state index contributed by atoms with van der Waals surface area (Å²) in [5.41, 5.74) is 7.69. The van der Waals surface area contributed by atoms with Crippen LogP contribution in [0.25, 0.3) is 26.8 Å². The third-order valence-electron chi connectivity index (χ3n) is 5.91. The standard InChI is InChI=1S/C25H31N5S/c1-8-18(9-2)19-14-16(4)28-30-23(17(5)26-25(19)30)24-15(3)13-21(31-24)20-11-10-12-22(27-20)29(6)7/h10-14,18H,8-9H2,1-7H3. The minimum atomic E-state index is 0.497. The number of anilines is 1. The van der Waals surface area contributed by atoms with E-state index in [1.54, 1.807) is 11.3 Å². The maximum absolute atomic E-state index is 4.99. The molecule has 4 rings (SSSR count). The van der Waals surface area contributed by atoms with Crippen molar-refractivity contribution in [1.82, 2.24) is 19.6 Å². The molecule has 4 heterocycles. The van der Waals surface area contributed by atoms with Crippen molar-refractivity contribution < 1.29 is 0 Å². The Bertz CT molecular complexity index is 1230. The molecule has 0 aliphatic rings. The lowest BCUT2D eigenvalue weighted by Crippen LogP contribution is -2.10. The van der Waals surface area contributed by atoms with Gasteiger partial charge in [0.05, 0.1) is 26.8 Å². The lowest BCUT2D eigenvalue weighted by molar-refractivity contribution is 0.638. The van der Waals surface area contributed by atoms with E-state index in [1.807, 2.05) is 25.1 Å². The van der Waals surface area contributed by atoms with Gasteiger partial charge in [0.15, 0.2) is 5.65 Å². The van der Waals surface area contributed by atoms with Crippen molar-refractivity contribution in [1.29, 1.82) is 0 Å². The van der Waals surface area contributed by atoms with Gasteiger partial charge in [-0.05, 0) is 69.4 Å². The summed E-state index contributed by atoms with van der Waals surface area (Å²) in [5, 5.41) is 4.88. The second-order valence-corrected chi connectivity index (χ2v) is 9.49. The Labute approximate surface area is 188 Å². The molecule has 0 atom stereocenters. The van der Waals surface area contributed by atoms with Gasteiger partial charge < -0.3 is 4.90 Å². The molecule has 0 saturated heterocycles. The van der Waals surface area contributed by atoms with Crippen LogP contribution >= 0.6 is 11.3 Å². The van der Waals surface area contributed by atoms with Gasteiger partial charge in [0, 0.05) is 19.7 Å². The Kier molecular flexibility index (Phi) is 5.84. The Morgan fingerprint density at radius 1 is 1.03 bits per heavy atom. The Morgan fingerprint density at radius 3 is 2.45 bits per heavy atom. The van der Waals surface area contributed by atoms with Gasteiger partial charge in [-0.2, -0.15) is 5.10 Å². The van der Waals surface area contributed by atoms with E-state index < -0.39 is 0 Å². The fraction of sp³-hybridized carbons (Fsp3) is 0.400. The molecule has 0 fully saturated rings. The van der Waals surface area contributed by atoms with Crippen LogP contribution < -0.4 is 4.90 Å². The first-order chi connectivity index (χ1) is 14.8. The third kappa shape index (κ3) is 3.85. The minimum Gasteiger partial charge on any atom is -0.363 e. The van der Waals surface area contributed by atoms with Crippen LogP contribution in [0.5, 0.6) is 0 Å². The molecule has 162 valence electrons. The van der Waals surface area contributed by atoms with Gasteiger partial charge in [-0.25, -0.2) is 14.5 Å². The average molecular weight is 434 g/mol. The number of thiophene rings is 1. The third-order valence-corrected chi connectivity index (χ3v) is 7.18. The summed E-state index contributed by atoms with van der Waals surface area (Å²) < 4.78 is 2.07. The SMILES string of the molecule is CCC(CC)c1cc(C)nn2c(-c3sc(-c4cccc(N(C)C)n4)cc3C)c(C)nc12. The molecular formula is C25H31N5S. The summed E-state index contributed by atoms with van der Waals surface area (Å²) >= 11 is 1.77. The number of imidazole rings is 1. The zero-order valence-corrected chi connectivity index (χ0v) is 20.3. The number of rotatable bonds is 6. The van der Waals surface area contributed by atoms with E-state index in [0.29, 0.717) is 5.92 Å². The smallest absolute Gasteiger partial charge is 0.158 e. The molecule has 0 aliphatic heterocycles. The molecular weight excluding hydrogens is 402 g/mol. The highest BCUT2D eigenvalue weighted by molar-refractivity contribution is 7.19. The summed E-state index contributed by atoms with van der Waals surface area (Å²) in [7, 11) is 4.04. The molecule has 0 aliphatic carbocycles. The molecule has 0 bridgehead atoms. The van der Waals surface area contributed by atoms with Crippen molar-refractivity contribution in [3.63, 3.8) is 0 Å². The van der Waals surface area contributed by atoms with Crippen molar-refractivity contribution in [3.05, 3.63) is 52.8 Å². The topological polar surface area (TPSA) is 46.3 Å². The number of hydrogen-bond acceptors (Lipinski definition) is 5. The lowest BCUT2D eigenvalue weighted by atomic mass is 9.95. The van der Waals surface area contributed by atoms with E-state index in [0.717, 1.165) is 47.1 Å². The van der Waals surface area contributed by atoms with E-state index in [1.165, 1.54) is 20.9 Å².